The van der Waals surface area contributed by atoms with Crippen LogP contribution in [0.2, 0.25) is 0 Å². The summed E-state index contributed by atoms with van der Waals surface area (Å²) in [5, 5.41) is 6.90. The lowest BCUT2D eigenvalue weighted by Gasteiger charge is -2.09. The number of anilines is 1. The van der Waals surface area contributed by atoms with Gasteiger partial charge in [0.05, 0.1) is 13.2 Å². The van der Waals surface area contributed by atoms with Gasteiger partial charge in [-0.05, 0) is 19.1 Å². The van der Waals surface area contributed by atoms with Crippen molar-refractivity contribution in [2.45, 2.75) is 20.4 Å². The first-order chi connectivity index (χ1) is 8.29. The van der Waals surface area contributed by atoms with Crippen LogP contribution in [0.4, 0.5) is 5.82 Å². The Kier molecular flexibility index (Phi) is 3.54. The van der Waals surface area contributed by atoms with Crippen LogP contribution < -0.4 is 10.1 Å². The molecule has 0 spiro atoms. The van der Waals surface area contributed by atoms with Crippen LogP contribution in [0.1, 0.15) is 18.6 Å². The number of aromatic nitrogens is 3. The van der Waals surface area contributed by atoms with Crippen LogP contribution in [0.5, 0.6) is 5.75 Å². The first-order valence-corrected chi connectivity index (χ1v) is 5.40. The Morgan fingerprint density at radius 1 is 1.47 bits per heavy atom. The molecule has 0 aromatic carbocycles. The maximum Gasteiger partial charge on any atom is 0.223 e. The minimum Gasteiger partial charge on any atom is -0.490 e. The molecule has 0 atom stereocenters. The zero-order chi connectivity index (χ0) is 12.1. The van der Waals surface area contributed by atoms with Crippen LogP contribution in [-0.2, 0) is 6.54 Å². The molecule has 0 bridgehead atoms. The molecule has 0 fully saturated rings. The topological polar surface area (TPSA) is 73.1 Å². The van der Waals surface area contributed by atoms with Crippen molar-refractivity contribution < 1.29 is 9.26 Å². The van der Waals surface area contributed by atoms with Crippen molar-refractivity contribution in [2.75, 3.05) is 11.9 Å². The number of nitrogens with one attached hydrogen (secondary N) is 1. The van der Waals surface area contributed by atoms with Crippen molar-refractivity contribution in [3.8, 4) is 5.75 Å². The lowest BCUT2D eigenvalue weighted by molar-refractivity contribution is 0.340. The van der Waals surface area contributed by atoms with E-state index in [0.717, 1.165) is 5.75 Å². The van der Waals surface area contributed by atoms with Gasteiger partial charge in [-0.1, -0.05) is 5.16 Å². The molecule has 2 aromatic heterocycles. The van der Waals surface area contributed by atoms with Crippen molar-refractivity contribution >= 4 is 5.82 Å². The van der Waals surface area contributed by atoms with Crippen molar-refractivity contribution in [1.29, 1.82) is 0 Å². The zero-order valence-electron chi connectivity index (χ0n) is 9.80. The maximum atomic E-state index is 5.44. The van der Waals surface area contributed by atoms with Crippen LogP contribution in [0.15, 0.2) is 22.9 Å². The van der Waals surface area contributed by atoms with Gasteiger partial charge in [-0.2, -0.15) is 4.98 Å². The number of aryl methyl sites for hydroxylation is 1. The molecule has 6 heteroatoms. The second-order valence-corrected chi connectivity index (χ2v) is 3.37. The molecule has 90 valence electrons. The van der Waals surface area contributed by atoms with Crippen molar-refractivity contribution in [3.05, 3.63) is 30.0 Å². The Morgan fingerprint density at radius 3 is 3.06 bits per heavy atom. The fourth-order valence-corrected chi connectivity index (χ4v) is 1.37. The molecule has 0 aliphatic heterocycles. The van der Waals surface area contributed by atoms with E-state index < -0.39 is 0 Å². The molecule has 17 heavy (non-hydrogen) atoms. The van der Waals surface area contributed by atoms with E-state index in [4.69, 9.17) is 9.26 Å². The molecule has 2 rings (SSSR count). The summed E-state index contributed by atoms with van der Waals surface area (Å²) in [5.41, 5.74) is 0. The molecule has 0 amide bonds. The molecule has 6 nitrogen and oxygen atoms in total. The fourth-order valence-electron chi connectivity index (χ4n) is 1.37. The normalized spacial score (nSPS) is 10.2. The number of ether oxygens (including phenoxy) is 1. The molecule has 2 heterocycles. The van der Waals surface area contributed by atoms with Gasteiger partial charge in [-0.25, -0.2) is 4.98 Å². The number of hydrogen-bond donors (Lipinski definition) is 1. The number of pyridine rings is 1. The molecular formula is C11H14N4O2. The third-order valence-corrected chi connectivity index (χ3v) is 2.05. The highest BCUT2D eigenvalue weighted by Crippen LogP contribution is 2.20. The third kappa shape index (κ3) is 2.93. The summed E-state index contributed by atoms with van der Waals surface area (Å²) in [4.78, 5) is 8.29. The quantitative estimate of drug-likeness (QED) is 0.850. The van der Waals surface area contributed by atoms with E-state index in [2.05, 4.69) is 20.4 Å². The molecule has 2 aromatic rings. The van der Waals surface area contributed by atoms with E-state index in [-0.39, 0.29) is 0 Å². The maximum absolute atomic E-state index is 5.44. The summed E-state index contributed by atoms with van der Waals surface area (Å²) in [7, 11) is 0. The largest absolute Gasteiger partial charge is 0.490 e. The van der Waals surface area contributed by atoms with Crippen LogP contribution in [0, 0.1) is 6.92 Å². The second kappa shape index (κ2) is 5.29. The summed E-state index contributed by atoms with van der Waals surface area (Å²) in [6.07, 6.45) is 1.70. The van der Waals surface area contributed by atoms with Gasteiger partial charge in [-0.15, -0.1) is 0 Å². The van der Waals surface area contributed by atoms with Gasteiger partial charge in [0.25, 0.3) is 0 Å². The van der Waals surface area contributed by atoms with Crippen LogP contribution in [-0.4, -0.2) is 21.7 Å². The first-order valence-electron chi connectivity index (χ1n) is 5.40. The predicted octanol–water partition coefficient (Wildman–Crippen LogP) is 1.78. The van der Waals surface area contributed by atoms with Crippen LogP contribution in [0.25, 0.3) is 0 Å². The summed E-state index contributed by atoms with van der Waals surface area (Å²) in [6.45, 7) is 4.73. The van der Waals surface area contributed by atoms with Crippen LogP contribution >= 0.6 is 0 Å². The number of hydrogen-bond acceptors (Lipinski definition) is 6. The minimum atomic E-state index is 0.453. The molecule has 0 unspecified atom stereocenters. The van der Waals surface area contributed by atoms with E-state index in [0.29, 0.717) is 30.7 Å². The number of nitrogens with zero attached hydrogens (tertiary/aromatic N) is 3. The van der Waals surface area contributed by atoms with Gasteiger partial charge in [0.1, 0.15) is 0 Å². The Morgan fingerprint density at radius 2 is 2.35 bits per heavy atom. The van der Waals surface area contributed by atoms with Crippen molar-refractivity contribution in [3.63, 3.8) is 0 Å². The molecule has 0 aliphatic carbocycles. The standard InChI is InChI=1S/C11H14N4O2/c1-3-16-9-5-4-6-12-11(9)13-7-10-14-8(2)17-15-10/h4-6H,3,7H2,1-2H3,(H,12,13). The molecule has 0 saturated heterocycles. The minimum absolute atomic E-state index is 0.453. The summed E-state index contributed by atoms with van der Waals surface area (Å²) in [6, 6.07) is 3.69. The summed E-state index contributed by atoms with van der Waals surface area (Å²) >= 11 is 0. The van der Waals surface area contributed by atoms with Gasteiger partial charge in [-0.3, -0.25) is 0 Å². The Hall–Kier alpha value is -2.11. The Labute approximate surface area is 99.0 Å². The van der Waals surface area contributed by atoms with Gasteiger partial charge in [0, 0.05) is 13.1 Å². The average molecular weight is 234 g/mol. The monoisotopic (exact) mass is 234 g/mol. The van der Waals surface area contributed by atoms with Gasteiger partial charge < -0.3 is 14.6 Å². The molecule has 0 saturated carbocycles. The molecule has 1 N–H and O–H groups in total. The van der Waals surface area contributed by atoms with E-state index in [1.54, 1.807) is 13.1 Å². The van der Waals surface area contributed by atoms with Gasteiger partial charge in [0.15, 0.2) is 17.4 Å². The number of rotatable bonds is 5. The molecule has 0 aliphatic rings. The second-order valence-electron chi connectivity index (χ2n) is 3.37. The van der Waals surface area contributed by atoms with E-state index in [1.165, 1.54) is 0 Å². The van der Waals surface area contributed by atoms with Crippen LogP contribution in [0.3, 0.4) is 0 Å². The van der Waals surface area contributed by atoms with E-state index >= 15 is 0 Å². The van der Waals surface area contributed by atoms with Crippen molar-refractivity contribution in [2.24, 2.45) is 0 Å². The molecule has 0 radical (unpaired) electrons. The van der Waals surface area contributed by atoms with E-state index in [1.807, 2.05) is 19.1 Å². The lowest BCUT2D eigenvalue weighted by atomic mass is 10.4. The predicted molar refractivity (Wildman–Crippen MR) is 61.8 cm³/mol. The summed E-state index contributed by atoms with van der Waals surface area (Å²) in [5.74, 6) is 2.54. The first kappa shape index (κ1) is 11.4. The Balaban J connectivity index is 2.03. The summed E-state index contributed by atoms with van der Waals surface area (Å²) < 4.78 is 10.3. The molecular weight excluding hydrogens is 220 g/mol. The van der Waals surface area contributed by atoms with Crippen molar-refractivity contribution in [1.82, 2.24) is 15.1 Å². The third-order valence-electron chi connectivity index (χ3n) is 2.05. The average Bonchev–Trinajstić information content (AvgIpc) is 2.74. The fraction of sp³-hybridized carbons (Fsp3) is 0.364. The lowest BCUT2D eigenvalue weighted by Crippen LogP contribution is -2.05. The zero-order valence-corrected chi connectivity index (χ0v) is 9.80. The SMILES string of the molecule is CCOc1cccnc1NCc1noc(C)n1. The highest BCUT2D eigenvalue weighted by molar-refractivity contribution is 5.49. The van der Waals surface area contributed by atoms with E-state index in [9.17, 15) is 0 Å². The van der Waals surface area contributed by atoms with Gasteiger partial charge in [0.2, 0.25) is 5.89 Å². The Bertz CT molecular complexity index is 484. The smallest absolute Gasteiger partial charge is 0.223 e. The van der Waals surface area contributed by atoms with Gasteiger partial charge >= 0.3 is 0 Å². The highest BCUT2D eigenvalue weighted by atomic mass is 16.5. The highest BCUT2D eigenvalue weighted by Gasteiger charge is 2.06.